The maximum atomic E-state index is 12.6. The molecule has 1 aromatic heterocycles. The summed E-state index contributed by atoms with van der Waals surface area (Å²) in [6, 6.07) is 12.4. The summed E-state index contributed by atoms with van der Waals surface area (Å²) in [5, 5.41) is 4.10. The molecule has 22 heavy (non-hydrogen) atoms. The van der Waals surface area contributed by atoms with Crippen LogP contribution in [-0.2, 0) is 13.5 Å². The van der Waals surface area contributed by atoms with Crippen molar-refractivity contribution in [3.63, 3.8) is 0 Å². The lowest BCUT2D eigenvalue weighted by molar-refractivity contribution is 0.0657. The molecule has 1 aliphatic rings. The van der Waals surface area contributed by atoms with E-state index < -0.39 is 0 Å². The van der Waals surface area contributed by atoms with Gasteiger partial charge in [0, 0.05) is 26.3 Å². The van der Waals surface area contributed by atoms with Gasteiger partial charge in [-0.2, -0.15) is 5.10 Å². The number of aromatic nitrogens is 2. The van der Waals surface area contributed by atoms with Gasteiger partial charge in [0.05, 0.1) is 0 Å². The first-order valence-corrected chi connectivity index (χ1v) is 8.05. The van der Waals surface area contributed by atoms with Crippen LogP contribution in [0.4, 0.5) is 0 Å². The fourth-order valence-electron chi connectivity index (χ4n) is 3.25. The Bertz CT molecular complexity index is 620. The molecule has 4 heteroatoms. The van der Waals surface area contributed by atoms with Gasteiger partial charge in [-0.3, -0.25) is 9.48 Å². The zero-order valence-electron chi connectivity index (χ0n) is 13.1. The van der Waals surface area contributed by atoms with Crippen molar-refractivity contribution in [3.8, 4) is 0 Å². The number of hydrogen-bond donors (Lipinski definition) is 0. The molecule has 1 aliphatic heterocycles. The normalized spacial score (nSPS) is 18.4. The maximum Gasteiger partial charge on any atom is 0.272 e. The Balaban J connectivity index is 1.57. The number of aryl methyl sites for hydroxylation is 2. The number of hydrogen-bond acceptors (Lipinski definition) is 2. The van der Waals surface area contributed by atoms with Crippen LogP contribution in [0.3, 0.4) is 0 Å². The minimum Gasteiger partial charge on any atom is -0.337 e. The van der Waals surface area contributed by atoms with Crippen LogP contribution in [0, 0.1) is 5.92 Å². The summed E-state index contributed by atoms with van der Waals surface area (Å²) in [6.45, 7) is 1.74. The molecule has 0 N–H and O–H groups in total. The molecule has 2 aromatic rings. The molecule has 3 rings (SSSR count). The summed E-state index contributed by atoms with van der Waals surface area (Å²) in [6.07, 6.45) is 6.26. The number of likely N-dealkylation sites (tertiary alicyclic amines) is 1. The van der Waals surface area contributed by atoms with Crippen LogP contribution in [0.25, 0.3) is 0 Å². The van der Waals surface area contributed by atoms with Crippen LogP contribution in [0.1, 0.15) is 35.3 Å². The average molecular weight is 297 g/mol. The van der Waals surface area contributed by atoms with Gasteiger partial charge in [0.2, 0.25) is 0 Å². The summed E-state index contributed by atoms with van der Waals surface area (Å²) in [5.74, 6) is 0.718. The van der Waals surface area contributed by atoms with E-state index in [1.807, 2.05) is 11.9 Å². The van der Waals surface area contributed by atoms with Crippen LogP contribution >= 0.6 is 0 Å². The third-order valence-corrected chi connectivity index (χ3v) is 4.53. The van der Waals surface area contributed by atoms with Gasteiger partial charge in [0.1, 0.15) is 5.69 Å². The fourth-order valence-corrected chi connectivity index (χ4v) is 3.25. The number of carbonyl (C=O) groups is 1. The van der Waals surface area contributed by atoms with E-state index in [4.69, 9.17) is 0 Å². The third-order valence-electron chi connectivity index (χ3n) is 4.53. The Kier molecular flexibility index (Phi) is 4.56. The van der Waals surface area contributed by atoms with Crippen molar-refractivity contribution in [2.45, 2.75) is 25.7 Å². The Morgan fingerprint density at radius 3 is 2.82 bits per heavy atom. The van der Waals surface area contributed by atoms with Crippen molar-refractivity contribution in [1.29, 1.82) is 0 Å². The SMILES string of the molecule is Cn1nccc1C(=O)N1CCC[C@@H](CCc2ccccc2)C1. The minimum absolute atomic E-state index is 0.115. The van der Waals surface area contributed by atoms with Gasteiger partial charge in [-0.05, 0) is 43.2 Å². The first kappa shape index (κ1) is 14.8. The molecule has 1 aromatic carbocycles. The summed E-state index contributed by atoms with van der Waals surface area (Å²) < 4.78 is 1.66. The first-order valence-electron chi connectivity index (χ1n) is 8.05. The van der Waals surface area contributed by atoms with E-state index in [2.05, 4.69) is 35.4 Å². The lowest BCUT2D eigenvalue weighted by atomic mass is 9.91. The molecule has 4 nitrogen and oxygen atoms in total. The molecule has 1 fully saturated rings. The Morgan fingerprint density at radius 1 is 1.27 bits per heavy atom. The Hall–Kier alpha value is -2.10. The van der Waals surface area contributed by atoms with Crippen LogP contribution in [0.2, 0.25) is 0 Å². The average Bonchev–Trinajstić information content (AvgIpc) is 2.99. The maximum absolute atomic E-state index is 12.6. The molecule has 2 heterocycles. The lowest BCUT2D eigenvalue weighted by Crippen LogP contribution is -2.40. The van der Waals surface area contributed by atoms with E-state index >= 15 is 0 Å². The highest BCUT2D eigenvalue weighted by Crippen LogP contribution is 2.22. The van der Waals surface area contributed by atoms with Crippen LogP contribution in [-0.4, -0.2) is 33.7 Å². The number of benzene rings is 1. The van der Waals surface area contributed by atoms with Crippen molar-refractivity contribution in [2.24, 2.45) is 13.0 Å². The van der Waals surface area contributed by atoms with Crippen molar-refractivity contribution < 1.29 is 4.79 Å². The molecular weight excluding hydrogens is 274 g/mol. The molecular formula is C18H23N3O. The summed E-state index contributed by atoms with van der Waals surface area (Å²) in [5.41, 5.74) is 2.07. The molecule has 0 bridgehead atoms. The minimum atomic E-state index is 0.115. The number of nitrogens with zero attached hydrogens (tertiary/aromatic N) is 3. The molecule has 1 amide bonds. The molecule has 1 saturated heterocycles. The molecule has 0 spiro atoms. The molecule has 0 radical (unpaired) electrons. The van der Waals surface area contributed by atoms with Crippen molar-refractivity contribution in [3.05, 3.63) is 53.9 Å². The van der Waals surface area contributed by atoms with Crippen LogP contribution in [0.15, 0.2) is 42.6 Å². The highest BCUT2D eigenvalue weighted by atomic mass is 16.2. The quantitative estimate of drug-likeness (QED) is 0.870. The van der Waals surface area contributed by atoms with Gasteiger partial charge in [0.25, 0.3) is 5.91 Å². The van der Waals surface area contributed by atoms with E-state index in [0.717, 1.165) is 32.4 Å². The van der Waals surface area contributed by atoms with Crippen LogP contribution < -0.4 is 0 Å². The van der Waals surface area contributed by atoms with E-state index in [0.29, 0.717) is 11.6 Å². The third kappa shape index (κ3) is 3.38. The topological polar surface area (TPSA) is 38.1 Å². The van der Waals surface area contributed by atoms with Gasteiger partial charge in [0.15, 0.2) is 0 Å². The second-order valence-corrected chi connectivity index (χ2v) is 6.12. The van der Waals surface area contributed by atoms with E-state index in [-0.39, 0.29) is 5.91 Å². The van der Waals surface area contributed by atoms with E-state index in [1.165, 1.54) is 12.0 Å². The van der Waals surface area contributed by atoms with Gasteiger partial charge in [-0.1, -0.05) is 30.3 Å². The van der Waals surface area contributed by atoms with Gasteiger partial charge < -0.3 is 4.90 Å². The van der Waals surface area contributed by atoms with Gasteiger partial charge in [-0.25, -0.2) is 0 Å². The van der Waals surface area contributed by atoms with Crippen molar-refractivity contribution in [2.75, 3.05) is 13.1 Å². The molecule has 0 unspecified atom stereocenters. The molecule has 1 atom stereocenters. The second kappa shape index (κ2) is 6.77. The van der Waals surface area contributed by atoms with E-state index in [1.54, 1.807) is 16.9 Å². The standard InChI is InChI=1S/C18H23N3O/c1-20-17(11-12-19-20)18(22)21-13-5-8-16(14-21)10-9-15-6-3-2-4-7-15/h2-4,6-7,11-12,16H,5,8-10,13-14H2,1H3/t16-/m0/s1. The fraction of sp³-hybridized carbons (Fsp3) is 0.444. The highest BCUT2D eigenvalue weighted by molar-refractivity contribution is 5.92. The molecule has 0 saturated carbocycles. The van der Waals surface area contributed by atoms with Crippen molar-refractivity contribution in [1.82, 2.24) is 14.7 Å². The monoisotopic (exact) mass is 297 g/mol. The van der Waals surface area contributed by atoms with Crippen LogP contribution in [0.5, 0.6) is 0 Å². The highest BCUT2D eigenvalue weighted by Gasteiger charge is 2.25. The largest absolute Gasteiger partial charge is 0.337 e. The zero-order valence-corrected chi connectivity index (χ0v) is 13.1. The number of piperidine rings is 1. The predicted molar refractivity (Wildman–Crippen MR) is 86.6 cm³/mol. The van der Waals surface area contributed by atoms with Gasteiger partial charge in [-0.15, -0.1) is 0 Å². The van der Waals surface area contributed by atoms with Gasteiger partial charge >= 0.3 is 0 Å². The lowest BCUT2D eigenvalue weighted by Gasteiger charge is -2.32. The molecule has 0 aliphatic carbocycles. The summed E-state index contributed by atoms with van der Waals surface area (Å²) in [4.78, 5) is 14.6. The first-order chi connectivity index (χ1) is 10.7. The molecule has 116 valence electrons. The number of rotatable bonds is 4. The van der Waals surface area contributed by atoms with Crippen molar-refractivity contribution >= 4 is 5.91 Å². The Labute approximate surface area is 131 Å². The number of amides is 1. The summed E-state index contributed by atoms with van der Waals surface area (Å²) in [7, 11) is 1.82. The second-order valence-electron chi connectivity index (χ2n) is 6.12. The number of carbonyl (C=O) groups excluding carboxylic acids is 1. The smallest absolute Gasteiger partial charge is 0.272 e. The van der Waals surface area contributed by atoms with E-state index in [9.17, 15) is 4.79 Å². The zero-order chi connectivity index (χ0) is 15.4. The Morgan fingerprint density at radius 2 is 2.09 bits per heavy atom. The summed E-state index contributed by atoms with van der Waals surface area (Å²) >= 11 is 0. The predicted octanol–water partition coefficient (Wildman–Crippen LogP) is 2.91.